The molecule has 0 aliphatic carbocycles. The molecule has 1 N–H and O–H groups in total. The van der Waals surface area contributed by atoms with Crippen molar-refractivity contribution in [1.29, 1.82) is 0 Å². The topological polar surface area (TPSA) is 57.6 Å². The number of rotatable bonds is 5. The number of aliphatic hydroxyl groups is 1. The monoisotopic (exact) mass is 319 g/mol. The second-order valence-corrected chi connectivity index (χ2v) is 7.65. The van der Waals surface area contributed by atoms with Crippen LogP contribution in [0, 0.1) is 0 Å². The molecule has 0 saturated carbocycles. The molecule has 19 heavy (non-hydrogen) atoms. The molecular formula is C12H14ClNO3S2. The van der Waals surface area contributed by atoms with Crippen molar-refractivity contribution >= 4 is 43.0 Å². The van der Waals surface area contributed by atoms with E-state index in [4.69, 9.17) is 16.7 Å². The fraction of sp³-hybridized carbons (Fsp3) is 0.333. The van der Waals surface area contributed by atoms with Gasteiger partial charge >= 0.3 is 0 Å². The number of thiophene rings is 1. The number of benzene rings is 1. The summed E-state index contributed by atoms with van der Waals surface area (Å²) in [6.45, 7) is 1.99. The van der Waals surface area contributed by atoms with Crippen LogP contribution in [-0.4, -0.2) is 37.5 Å². The first kappa shape index (κ1) is 14.7. The van der Waals surface area contributed by atoms with Gasteiger partial charge in [-0.15, -0.1) is 11.3 Å². The molecule has 1 aromatic carbocycles. The van der Waals surface area contributed by atoms with Crippen LogP contribution in [0.2, 0.25) is 5.02 Å². The summed E-state index contributed by atoms with van der Waals surface area (Å²) in [4.78, 5) is 0. The Kier molecular flexibility index (Phi) is 4.47. The zero-order valence-electron chi connectivity index (χ0n) is 10.3. The number of likely N-dealkylation sites (N-methyl/N-ethyl adjacent to an activating group) is 1. The molecule has 0 amide bonds. The van der Waals surface area contributed by atoms with Crippen LogP contribution in [0.3, 0.4) is 0 Å². The average Bonchev–Trinajstić information content (AvgIpc) is 2.79. The van der Waals surface area contributed by atoms with Gasteiger partial charge in [-0.1, -0.05) is 18.5 Å². The van der Waals surface area contributed by atoms with Crippen molar-refractivity contribution < 1.29 is 13.5 Å². The van der Waals surface area contributed by atoms with Gasteiger partial charge in [0.2, 0.25) is 0 Å². The van der Waals surface area contributed by atoms with Crippen molar-refractivity contribution in [3.8, 4) is 0 Å². The van der Waals surface area contributed by atoms with Gasteiger partial charge in [0.25, 0.3) is 10.0 Å². The first-order valence-corrected chi connectivity index (χ1v) is 8.42. The average molecular weight is 320 g/mol. The molecule has 7 heteroatoms. The summed E-state index contributed by atoms with van der Waals surface area (Å²) in [6, 6.07) is 6.92. The highest BCUT2D eigenvalue weighted by atomic mass is 35.5. The second kappa shape index (κ2) is 5.76. The molecule has 104 valence electrons. The summed E-state index contributed by atoms with van der Waals surface area (Å²) in [7, 11) is -3.54. The number of aliphatic hydroxyl groups excluding tert-OH is 1. The Balaban J connectivity index is 2.48. The summed E-state index contributed by atoms with van der Waals surface area (Å²) in [5.41, 5.74) is 0. The third kappa shape index (κ3) is 2.93. The first-order valence-electron chi connectivity index (χ1n) is 5.79. The molecule has 0 spiro atoms. The molecule has 4 nitrogen and oxygen atoms in total. The van der Waals surface area contributed by atoms with E-state index in [0.717, 1.165) is 10.1 Å². The Morgan fingerprint density at radius 1 is 1.37 bits per heavy atom. The molecule has 0 unspecified atom stereocenters. The van der Waals surface area contributed by atoms with Gasteiger partial charge < -0.3 is 5.11 Å². The van der Waals surface area contributed by atoms with Gasteiger partial charge in [0.05, 0.1) is 6.61 Å². The predicted octanol–water partition coefficient (Wildman–Crippen LogP) is 2.56. The highest BCUT2D eigenvalue weighted by Gasteiger charge is 2.24. The smallest absolute Gasteiger partial charge is 0.252 e. The van der Waals surface area contributed by atoms with Crippen LogP contribution in [0.4, 0.5) is 0 Å². The summed E-state index contributed by atoms with van der Waals surface area (Å²) in [6.07, 6.45) is 0. The largest absolute Gasteiger partial charge is 0.395 e. The van der Waals surface area contributed by atoms with Gasteiger partial charge in [-0.2, -0.15) is 4.31 Å². The van der Waals surface area contributed by atoms with E-state index in [-0.39, 0.29) is 17.4 Å². The van der Waals surface area contributed by atoms with Crippen LogP contribution in [0.15, 0.2) is 28.5 Å². The summed E-state index contributed by atoms with van der Waals surface area (Å²) < 4.78 is 27.2. The lowest BCUT2D eigenvalue weighted by atomic mass is 10.3. The van der Waals surface area contributed by atoms with Crippen molar-refractivity contribution in [3.63, 3.8) is 0 Å². The number of hydrogen-bond acceptors (Lipinski definition) is 4. The first-order chi connectivity index (χ1) is 8.98. The molecule has 0 aliphatic heterocycles. The highest BCUT2D eigenvalue weighted by Crippen LogP contribution is 2.32. The van der Waals surface area contributed by atoms with Crippen molar-refractivity contribution in [2.45, 2.75) is 11.1 Å². The normalized spacial score (nSPS) is 12.4. The van der Waals surface area contributed by atoms with Gasteiger partial charge in [0.15, 0.2) is 0 Å². The zero-order chi connectivity index (χ0) is 14.0. The number of sulfonamides is 1. The Morgan fingerprint density at radius 3 is 2.74 bits per heavy atom. The second-order valence-electron chi connectivity index (χ2n) is 3.97. The maximum Gasteiger partial charge on any atom is 0.252 e. The third-order valence-corrected chi connectivity index (χ3v) is 6.53. The quantitative estimate of drug-likeness (QED) is 0.921. The SMILES string of the molecule is CCN(CCO)S(=O)(=O)c1cc2cc(Cl)ccc2s1. The summed E-state index contributed by atoms with van der Waals surface area (Å²) >= 11 is 7.11. The van der Waals surface area contributed by atoms with E-state index < -0.39 is 10.0 Å². The number of nitrogens with zero attached hydrogens (tertiary/aromatic N) is 1. The van der Waals surface area contributed by atoms with E-state index in [1.807, 2.05) is 6.07 Å². The molecular weight excluding hydrogens is 306 g/mol. The van der Waals surface area contributed by atoms with E-state index in [9.17, 15) is 8.42 Å². The van der Waals surface area contributed by atoms with E-state index in [0.29, 0.717) is 11.6 Å². The molecule has 0 aliphatic rings. The van der Waals surface area contributed by atoms with Crippen LogP contribution in [0.1, 0.15) is 6.92 Å². The van der Waals surface area contributed by atoms with E-state index in [1.165, 1.54) is 15.6 Å². The summed E-state index contributed by atoms with van der Waals surface area (Å²) in [5, 5.41) is 10.3. The molecule has 1 heterocycles. The third-order valence-electron chi connectivity index (χ3n) is 2.75. The number of halogens is 1. The number of hydrogen-bond donors (Lipinski definition) is 1. The van der Waals surface area contributed by atoms with Crippen LogP contribution in [0.5, 0.6) is 0 Å². The Labute approximate surface area is 121 Å². The van der Waals surface area contributed by atoms with Crippen molar-refractivity contribution in [2.75, 3.05) is 19.7 Å². The van der Waals surface area contributed by atoms with Gasteiger partial charge in [0.1, 0.15) is 4.21 Å². The minimum atomic E-state index is -3.54. The van der Waals surface area contributed by atoms with Gasteiger partial charge in [-0.3, -0.25) is 0 Å². The van der Waals surface area contributed by atoms with Crippen molar-refractivity contribution in [3.05, 3.63) is 29.3 Å². The molecule has 1 aromatic heterocycles. The van der Waals surface area contributed by atoms with E-state index >= 15 is 0 Å². The standard InChI is InChI=1S/C12H14ClNO3S2/c1-2-14(5-6-15)19(16,17)12-8-9-7-10(13)3-4-11(9)18-12/h3-4,7-8,15H,2,5-6H2,1H3. The highest BCUT2D eigenvalue weighted by molar-refractivity contribution is 7.91. The maximum atomic E-state index is 12.4. The van der Waals surface area contributed by atoms with Crippen molar-refractivity contribution in [1.82, 2.24) is 4.31 Å². The molecule has 0 saturated heterocycles. The molecule has 2 rings (SSSR count). The van der Waals surface area contributed by atoms with Crippen LogP contribution in [0.25, 0.3) is 10.1 Å². The van der Waals surface area contributed by atoms with Gasteiger partial charge in [-0.25, -0.2) is 8.42 Å². The lowest BCUT2D eigenvalue weighted by Gasteiger charge is -2.17. The molecule has 2 aromatic rings. The van der Waals surface area contributed by atoms with E-state index in [1.54, 1.807) is 25.1 Å². The van der Waals surface area contributed by atoms with Crippen LogP contribution >= 0.6 is 22.9 Å². The molecule has 0 atom stereocenters. The Bertz CT molecular complexity index is 681. The van der Waals surface area contributed by atoms with E-state index in [2.05, 4.69) is 0 Å². The Hall–Kier alpha value is -0.660. The van der Waals surface area contributed by atoms with Gasteiger partial charge in [0, 0.05) is 22.8 Å². The minimum absolute atomic E-state index is 0.105. The van der Waals surface area contributed by atoms with Gasteiger partial charge in [-0.05, 0) is 29.7 Å². The van der Waals surface area contributed by atoms with Crippen LogP contribution in [-0.2, 0) is 10.0 Å². The Morgan fingerprint density at radius 2 is 2.11 bits per heavy atom. The molecule has 0 fully saturated rings. The van der Waals surface area contributed by atoms with Crippen molar-refractivity contribution in [2.24, 2.45) is 0 Å². The molecule has 0 bridgehead atoms. The minimum Gasteiger partial charge on any atom is -0.395 e. The lowest BCUT2D eigenvalue weighted by Crippen LogP contribution is -2.32. The fourth-order valence-electron chi connectivity index (χ4n) is 1.80. The molecule has 0 radical (unpaired) electrons. The van der Waals surface area contributed by atoms with Crippen LogP contribution < -0.4 is 0 Å². The predicted molar refractivity (Wildman–Crippen MR) is 78.4 cm³/mol. The zero-order valence-corrected chi connectivity index (χ0v) is 12.7. The maximum absolute atomic E-state index is 12.4. The summed E-state index contributed by atoms with van der Waals surface area (Å²) in [5.74, 6) is 0. The fourth-order valence-corrected chi connectivity index (χ4v) is 4.96. The number of fused-ring (bicyclic) bond motifs is 1. The lowest BCUT2D eigenvalue weighted by molar-refractivity contribution is 0.257.